The van der Waals surface area contributed by atoms with Crippen molar-refractivity contribution < 1.29 is 24.2 Å². The van der Waals surface area contributed by atoms with Gasteiger partial charge in [0.2, 0.25) is 5.91 Å². The summed E-state index contributed by atoms with van der Waals surface area (Å²) in [5, 5.41) is 9.15. The Morgan fingerprint density at radius 1 is 1.23 bits per heavy atom. The van der Waals surface area contributed by atoms with Crippen molar-refractivity contribution in [1.82, 2.24) is 4.90 Å². The zero-order valence-corrected chi connectivity index (χ0v) is 12.2. The van der Waals surface area contributed by atoms with Gasteiger partial charge in [0.05, 0.1) is 0 Å². The SMILES string of the molecule is O=C(O)CN(C(=O)[C@@H]1COc2ccccc21)C1CCOCC1. The number of aliphatic carboxylic acids is 1. The largest absolute Gasteiger partial charge is 0.492 e. The second-order valence-electron chi connectivity index (χ2n) is 5.60. The fourth-order valence-corrected chi connectivity index (χ4v) is 3.10. The monoisotopic (exact) mass is 305 g/mol. The fraction of sp³-hybridized carbons (Fsp3) is 0.500. The van der Waals surface area contributed by atoms with Crippen LogP contribution in [0, 0.1) is 0 Å². The van der Waals surface area contributed by atoms with E-state index in [9.17, 15) is 9.59 Å². The van der Waals surface area contributed by atoms with Gasteiger partial charge in [-0.3, -0.25) is 9.59 Å². The van der Waals surface area contributed by atoms with Crippen LogP contribution in [0.4, 0.5) is 0 Å². The number of carboxylic acids is 1. The van der Waals surface area contributed by atoms with Crippen LogP contribution in [0.1, 0.15) is 24.3 Å². The number of nitrogens with zero attached hydrogens (tertiary/aromatic N) is 1. The first-order valence-electron chi connectivity index (χ1n) is 7.48. The Labute approximate surface area is 128 Å². The van der Waals surface area contributed by atoms with Gasteiger partial charge in [0, 0.05) is 24.8 Å². The van der Waals surface area contributed by atoms with Gasteiger partial charge >= 0.3 is 5.97 Å². The first-order chi connectivity index (χ1) is 10.7. The number of para-hydroxylation sites is 1. The maximum atomic E-state index is 12.9. The molecule has 0 bridgehead atoms. The Morgan fingerprint density at radius 2 is 1.95 bits per heavy atom. The van der Waals surface area contributed by atoms with Crippen molar-refractivity contribution in [2.45, 2.75) is 24.8 Å². The third-order valence-electron chi connectivity index (χ3n) is 4.22. The van der Waals surface area contributed by atoms with Crippen LogP contribution < -0.4 is 4.74 Å². The van der Waals surface area contributed by atoms with Gasteiger partial charge in [-0.25, -0.2) is 0 Å². The number of fused-ring (bicyclic) bond motifs is 1. The summed E-state index contributed by atoms with van der Waals surface area (Å²) in [4.78, 5) is 25.5. The van der Waals surface area contributed by atoms with Crippen LogP contribution in [-0.4, -0.2) is 54.3 Å². The predicted octanol–water partition coefficient (Wildman–Crippen LogP) is 1.25. The molecule has 1 aromatic rings. The molecule has 6 nitrogen and oxygen atoms in total. The van der Waals surface area contributed by atoms with Gasteiger partial charge < -0.3 is 19.5 Å². The molecule has 0 unspecified atom stereocenters. The number of amides is 1. The van der Waals surface area contributed by atoms with E-state index < -0.39 is 11.9 Å². The van der Waals surface area contributed by atoms with E-state index >= 15 is 0 Å². The minimum atomic E-state index is -0.993. The molecule has 0 aromatic heterocycles. The first-order valence-corrected chi connectivity index (χ1v) is 7.48. The molecule has 6 heteroatoms. The van der Waals surface area contributed by atoms with Crippen molar-refractivity contribution in [1.29, 1.82) is 0 Å². The van der Waals surface area contributed by atoms with Gasteiger partial charge in [0.25, 0.3) is 0 Å². The van der Waals surface area contributed by atoms with Crippen LogP contribution in [0.25, 0.3) is 0 Å². The second-order valence-corrected chi connectivity index (χ2v) is 5.60. The number of carbonyl (C=O) groups is 2. The van der Waals surface area contributed by atoms with Crippen molar-refractivity contribution in [2.24, 2.45) is 0 Å². The molecule has 0 spiro atoms. The van der Waals surface area contributed by atoms with Gasteiger partial charge in [-0.05, 0) is 18.9 Å². The number of carbonyl (C=O) groups excluding carboxylic acids is 1. The first kappa shape index (κ1) is 14.8. The zero-order chi connectivity index (χ0) is 15.5. The van der Waals surface area contributed by atoms with Crippen molar-refractivity contribution in [3.8, 4) is 5.75 Å². The second kappa shape index (κ2) is 6.36. The maximum Gasteiger partial charge on any atom is 0.323 e. The van der Waals surface area contributed by atoms with Crippen LogP contribution in [0.5, 0.6) is 5.75 Å². The van der Waals surface area contributed by atoms with Crippen molar-refractivity contribution >= 4 is 11.9 Å². The third-order valence-corrected chi connectivity index (χ3v) is 4.22. The summed E-state index contributed by atoms with van der Waals surface area (Å²) in [6.45, 7) is 1.12. The third kappa shape index (κ3) is 2.92. The lowest BCUT2D eigenvalue weighted by Gasteiger charge is -2.34. The Hall–Kier alpha value is -2.08. The summed E-state index contributed by atoms with van der Waals surface area (Å²) < 4.78 is 10.9. The van der Waals surface area contributed by atoms with Gasteiger partial charge in [0.1, 0.15) is 24.8 Å². The topological polar surface area (TPSA) is 76.1 Å². The van der Waals surface area contributed by atoms with E-state index in [4.69, 9.17) is 14.6 Å². The highest BCUT2D eigenvalue weighted by Crippen LogP contribution is 2.35. The summed E-state index contributed by atoms with van der Waals surface area (Å²) in [7, 11) is 0. The molecule has 1 saturated heterocycles. The molecule has 3 rings (SSSR count). The maximum absolute atomic E-state index is 12.9. The normalized spacial score (nSPS) is 21.0. The van der Waals surface area contributed by atoms with E-state index in [1.54, 1.807) is 0 Å². The summed E-state index contributed by atoms with van der Waals surface area (Å²) in [5.41, 5.74) is 0.843. The fourth-order valence-electron chi connectivity index (χ4n) is 3.10. The van der Waals surface area contributed by atoms with Crippen LogP contribution >= 0.6 is 0 Å². The minimum absolute atomic E-state index is 0.0786. The number of carboxylic acid groups (broad SMARTS) is 1. The molecule has 1 atom stereocenters. The highest BCUT2D eigenvalue weighted by Gasteiger charge is 2.37. The number of rotatable bonds is 4. The lowest BCUT2D eigenvalue weighted by atomic mass is 9.97. The number of benzene rings is 1. The molecule has 0 aliphatic carbocycles. The average molecular weight is 305 g/mol. The molecule has 1 fully saturated rings. The molecule has 2 aliphatic heterocycles. The van der Waals surface area contributed by atoms with Crippen molar-refractivity contribution in [3.63, 3.8) is 0 Å². The summed E-state index contributed by atoms with van der Waals surface area (Å²) >= 11 is 0. The molecular formula is C16H19NO5. The molecular weight excluding hydrogens is 286 g/mol. The Morgan fingerprint density at radius 3 is 2.68 bits per heavy atom. The molecule has 22 heavy (non-hydrogen) atoms. The molecule has 2 heterocycles. The van der Waals surface area contributed by atoms with E-state index in [2.05, 4.69) is 0 Å². The van der Waals surface area contributed by atoms with E-state index in [-0.39, 0.29) is 25.1 Å². The number of ether oxygens (including phenoxy) is 2. The van der Waals surface area contributed by atoms with Crippen LogP contribution in [0.15, 0.2) is 24.3 Å². The zero-order valence-electron chi connectivity index (χ0n) is 12.2. The molecule has 1 amide bonds. The highest BCUT2D eigenvalue weighted by atomic mass is 16.5. The Balaban J connectivity index is 1.81. The van der Waals surface area contributed by atoms with Gasteiger partial charge in [-0.15, -0.1) is 0 Å². The Kier molecular flexibility index (Phi) is 4.29. The smallest absolute Gasteiger partial charge is 0.323 e. The van der Waals surface area contributed by atoms with Gasteiger partial charge in [-0.1, -0.05) is 18.2 Å². The van der Waals surface area contributed by atoms with Crippen LogP contribution in [-0.2, 0) is 14.3 Å². The van der Waals surface area contributed by atoms with Crippen LogP contribution in [0.2, 0.25) is 0 Å². The molecule has 118 valence electrons. The van der Waals surface area contributed by atoms with Crippen molar-refractivity contribution in [2.75, 3.05) is 26.4 Å². The van der Waals surface area contributed by atoms with E-state index in [1.807, 2.05) is 24.3 Å². The molecule has 1 N–H and O–H groups in total. The molecule has 2 aliphatic rings. The molecule has 0 radical (unpaired) electrons. The summed E-state index contributed by atoms with van der Waals surface area (Å²) in [5.74, 6) is -0.868. The number of hydrogen-bond acceptors (Lipinski definition) is 4. The standard InChI is InChI=1S/C16H19NO5/c18-15(19)9-17(11-5-7-21-8-6-11)16(20)13-10-22-14-4-2-1-3-12(13)14/h1-4,11,13H,5-10H2,(H,18,19)/t13-/m1/s1. The Bertz CT molecular complexity index is 567. The predicted molar refractivity (Wildman–Crippen MR) is 77.9 cm³/mol. The van der Waals surface area contributed by atoms with E-state index in [0.717, 1.165) is 5.56 Å². The lowest BCUT2D eigenvalue weighted by molar-refractivity contribution is -0.148. The quantitative estimate of drug-likeness (QED) is 0.906. The molecule has 1 aromatic carbocycles. The number of hydrogen-bond donors (Lipinski definition) is 1. The average Bonchev–Trinajstić information content (AvgIpc) is 2.97. The summed E-state index contributed by atoms with van der Waals surface area (Å²) in [6.07, 6.45) is 1.35. The minimum Gasteiger partial charge on any atom is -0.492 e. The summed E-state index contributed by atoms with van der Waals surface area (Å²) in [6, 6.07) is 7.35. The molecule has 0 saturated carbocycles. The highest BCUT2D eigenvalue weighted by molar-refractivity contribution is 5.88. The van der Waals surface area contributed by atoms with E-state index in [1.165, 1.54) is 4.90 Å². The van der Waals surface area contributed by atoms with Gasteiger partial charge in [-0.2, -0.15) is 0 Å². The van der Waals surface area contributed by atoms with Crippen LogP contribution in [0.3, 0.4) is 0 Å². The lowest BCUT2D eigenvalue weighted by Crippen LogP contribution is -2.48. The van der Waals surface area contributed by atoms with Gasteiger partial charge in [0.15, 0.2) is 0 Å². The van der Waals surface area contributed by atoms with E-state index in [0.29, 0.717) is 31.8 Å². The van der Waals surface area contributed by atoms with Crippen molar-refractivity contribution in [3.05, 3.63) is 29.8 Å².